The van der Waals surface area contributed by atoms with Crippen molar-refractivity contribution < 1.29 is 19.1 Å². The molecule has 0 radical (unpaired) electrons. The van der Waals surface area contributed by atoms with Crippen LogP contribution in [0.2, 0.25) is 0 Å². The van der Waals surface area contributed by atoms with Gasteiger partial charge in [-0.05, 0) is 12.8 Å². The standard InChI is InChI=1S/C13H20N6O4S/c14-9(20)3-4-10-17-18-13(24-7-11(21)16-12(15)22)19(10)6-8-2-1-5-23-8/h8H,1-7H2,(H2,14,20)(H3,15,16,21,22)/t8-/m0/s1. The van der Waals surface area contributed by atoms with E-state index in [1.165, 1.54) is 0 Å². The van der Waals surface area contributed by atoms with E-state index in [-0.39, 0.29) is 18.3 Å². The maximum absolute atomic E-state index is 11.5. The molecule has 1 saturated heterocycles. The summed E-state index contributed by atoms with van der Waals surface area (Å²) in [5.41, 5.74) is 10.1. The summed E-state index contributed by atoms with van der Waals surface area (Å²) in [4.78, 5) is 33.2. The number of aromatic nitrogens is 3. The molecule has 5 N–H and O–H groups in total. The second-order valence-electron chi connectivity index (χ2n) is 5.31. The van der Waals surface area contributed by atoms with Crippen molar-refractivity contribution in [1.82, 2.24) is 20.1 Å². The van der Waals surface area contributed by atoms with Gasteiger partial charge in [0.05, 0.1) is 18.4 Å². The van der Waals surface area contributed by atoms with E-state index in [2.05, 4.69) is 10.2 Å². The Bertz CT molecular complexity index is 614. The van der Waals surface area contributed by atoms with Crippen LogP contribution >= 0.6 is 11.8 Å². The van der Waals surface area contributed by atoms with E-state index in [1.807, 2.05) is 9.88 Å². The highest BCUT2D eigenvalue weighted by molar-refractivity contribution is 7.99. The zero-order valence-electron chi connectivity index (χ0n) is 13.1. The van der Waals surface area contributed by atoms with Crippen LogP contribution in [0.1, 0.15) is 25.1 Å². The lowest BCUT2D eigenvalue weighted by molar-refractivity contribution is -0.118. The van der Waals surface area contributed by atoms with Crippen molar-refractivity contribution in [3.63, 3.8) is 0 Å². The molecule has 10 nitrogen and oxygen atoms in total. The van der Waals surface area contributed by atoms with Gasteiger partial charge >= 0.3 is 6.03 Å². The maximum atomic E-state index is 11.5. The largest absolute Gasteiger partial charge is 0.376 e. The Morgan fingerprint density at radius 2 is 2.12 bits per heavy atom. The maximum Gasteiger partial charge on any atom is 0.318 e. The van der Waals surface area contributed by atoms with Gasteiger partial charge in [-0.3, -0.25) is 14.9 Å². The Kier molecular flexibility index (Phi) is 6.55. The van der Waals surface area contributed by atoms with Gasteiger partial charge in [0, 0.05) is 19.4 Å². The molecule has 0 unspecified atom stereocenters. The topological polar surface area (TPSA) is 155 Å². The molecule has 0 aromatic carbocycles. The van der Waals surface area contributed by atoms with Crippen molar-refractivity contribution in [2.75, 3.05) is 12.4 Å². The van der Waals surface area contributed by atoms with Crippen LogP contribution in [-0.2, 0) is 27.3 Å². The molecule has 2 heterocycles. The molecule has 2 rings (SSSR count). The zero-order chi connectivity index (χ0) is 17.5. The van der Waals surface area contributed by atoms with Crippen molar-refractivity contribution in [2.24, 2.45) is 11.5 Å². The van der Waals surface area contributed by atoms with Gasteiger partial charge in [0.15, 0.2) is 5.16 Å². The third-order valence-electron chi connectivity index (χ3n) is 3.39. The number of rotatable bonds is 8. The van der Waals surface area contributed by atoms with Crippen LogP contribution in [0.3, 0.4) is 0 Å². The number of imide groups is 1. The first-order chi connectivity index (χ1) is 11.5. The summed E-state index contributed by atoms with van der Waals surface area (Å²) in [6, 6.07) is -0.899. The third-order valence-corrected chi connectivity index (χ3v) is 4.36. The summed E-state index contributed by atoms with van der Waals surface area (Å²) in [5.74, 6) is -0.348. The number of aryl methyl sites for hydroxylation is 1. The van der Waals surface area contributed by atoms with Gasteiger partial charge in [0.2, 0.25) is 11.8 Å². The number of hydrogen-bond donors (Lipinski definition) is 3. The lowest BCUT2D eigenvalue weighted by atomic mass is 10.2. The Morgan fingerprint density at radius 1 is 1.33 bits per heavy atom. The number of urea groups is 1. The summed E-state index contributed by atoms with van der Waals surface area (Å²) in [6.45, 7) is 1.26. The fourth-order valence-electron chi connectivity index (χ4n) is 2.32. The first-order valence-electron chi connectivity index (χ1n) is 7.49. The molecular weight excluding hydrogens is 336 g/mol. The van der Waals surface area contributed by atoms with Gasteiger partial charge in [-0.15, -0.1) is 10.2 Å². The average Bonchev–Trinajstić information content (AvgIpc) is 3.13. The Balaban J connectivity index is 2.05. The van der Waals surface area contributed by atoms with Crippen LogP contribution < -0.4 is 16.8 Å². The molecule has 1 aromatic rings. The SMILES string of the molecule is NC(=O)CCc1nnc(SCC(=O)NC(N)=O)n1C[C@@H]1CCCO1. The minimum atomic E-state index is -0.899. The molecule has 11 heteroatoms. The number of amides is 4. The molecule has 4 amide bonds. The molecule has 0 saturated carbocycles. The van der Waals surface area contributed by atoms with Crippen molar-refractivity contribution in [2.45, 2.75) is 43.5 Å². The highest BCUT2D eigenvalue weighted by Crippen LogP contribution is 2.21. The highest BCUT2D eigenvalue weighted by atomic mass is 32.2. The molecule has 1 aromatic heterocycles. The number of carbonyl (C=O) groups is 3. The first kappa shape index (κ1) is 18.2. The molecule has 0 aliphatic carbocycles. The molecule has 132 valence electrons. The molecule has 1 aliphatic rings. The number of nitrogens with zero attached hydrogens (tertiary/aromatic N) is 3. The number of primary amides is 2. The molecule has 0 spiro atoms. The number of nitrogens with two attached hydrogens (primary N) is 2. The Labute approximate surface area is 142 Å². The lowest BCUT2D eigenvalue weighted by Gasteiger charge is -2.14. The molecule has 0 bridgehead atoms. The highest BCUT2D eigenvalue weighted by Gasteiger charge is 2.21. The second-order valence-corrected chi connectivity index (χ2v) is 6.25. The summed E-state index contributed by atoms with van der Waals surface area (Å²) < 4.78 is 7.46. The van der Waals surface area contributed by atoms with Gasteiger partial charge in [-0.25, -0.2) is 4.79 Å². The minimum absolute atomic E-state index is 0.0254. The van der Waals surface area contributed by atoms with E-state index in [9.17, 15) is 14.4 Å². The number of nitrogens with one attached hydrogen (secondary N) is 1. The normalized spacial score (nSPS) is 16.9. The van der Waals surface area contributed by atoms with Crippen LogP contribution in [0.15, 0.2) is 5.16 Å². The summed E-state index contributed by atoms with van der Waals surface area (Å²) in [6.07, 6.45) is 2.50. The first-order valence-corrected chi connectivity index (χ1v) is 8.48. The summed E-state index contributed by atoms with van der Waals surface area (Å²) >= 11 is 1.13. The average molecular weight is 356 g/mol. The predicted octanol–water partition coefficient (Wildman–Crippen LogP) is -0.838. The number of thioether (sulfide) groups is 1. The van der Waals surface area contributed by atoms with Crippen molar-refractivity contribution in [3.8, 4) is 0 Å². The van der Waals surface area contributed by atoms with Gasteiger partial charge in [-0.1, -0.05) is 11.8 Å². The van der Waals surface area contributed by atoms with E-state index in [1.54, 1.807) is 0 Å². The molecule has 1 aliphatic heterocycles. The monoisotopic (exact) mass is 356 g/mol. The molecule has 1 atom stereocenters. The van der Waals surface area contributed by atoms with Crippen molar-refractivity contribution in [1.29, 1.82) is 0 Å². The number of ether oxygens (including phenoxy) is 1. The van der Waals surface area contributed by atoms with Gasteiger partial charge < -0.3 is 20.8 Å². The Morgan fingerprint density at radius 3 is 2.75 bits per heavy atom. The van der Waals surface area contributed by atoms with E-state index < -0.39 is 17.8 Å². The van der Waals surface area contributed by atoms with E-state index >= 15 is 0 Å². The smallest absolute Gasteiger partial charge is 0.318 e. The summed E-state index contributed by atoms with van der Waals surface area (Å²) in [5, 5.41) is 10.6. The zero-order valence-corrected chi connectivity index (χ0v) is 13.9. The summed E-state index contributed by atoms with van der Waals surface area (Å²) in [7, 11) is 0. The number of hydrogen-bond acceptors (Lipinski definition) is 7. The van der Waals surface area contributed by atoms with Gasteiger partial charge in [0.25, 0.3) is 0 Å². The van der Waals surface area contributed by atoms with Crippen LogP contribution in [-0.4, -0.2) is 51.1 Å². The fourth-order valence-corrected chi connectivity index (χ4v) is 3.09. The van der Waals surface area contributed by atoms with Crippen LogP contribution in [0.5, 0.6) is 0 Å². The van der Waals surface area contributed by atoms with Crippen molar-refractivity contribution >= 4 is 29.6 Å². The Hall–Kier alpha value is -2.14. The fraction of sp³-hybridized carbons (Fsp3) is 0.615. The van der Waals surface area contributed by atoms with Crippen molar-refractivity contribution in [3.05, 3.63) is 5.82 Å². The van der Waals surface area contributed by atoms with E-state index in [0.29, 0.717) is 30.6 Å². The third kappa shape index (κ3) is 5.49. The lowest BCUT2D eigenvalue weighted by Crippen LogP contribution is -2.36. The molecular formula is C13H20N6O4S. The van der Waals surface area contributed by atoms with Gasteiger partial charge in [0.1, 0.15) is 5.82 Å². The van der Waals surface area contributed by atoms with E-state index in [0.717, 1.165) is 24.6 Å². The van der Waals surface area contributed by atoms with Crippen LogP contribution in [0.4, 0.5) is 4.79 Å². The number of carbonyl (C=O) groups excluding carboxylic acids is 3. The molecule has 24 heavy (non-hydrogen) atoms. The van der Waals surface area contributed by atoms with E-state index in [4.69, 9.17) is 16.2 Å². The van der Waals surface area contributed by atoms with Crippen LogP contribution in [0, 0.1) is 0 Å². The van der Waals surface area contributed by atoms with Crippen LogP contribution in [0.25, 0.3) is 0 Å². The minimum Gasteiger partial charge on any atom is -0.376 e. The molecule has 1 fully saturated rings. The quantitative estimate of drug-likeness (QED) is 0.513. The second kappa shape index (κ2) is 8.64. The predicted molar refractivity (Wildman–Crippen MR) is 85.0 cm³/mol. The van der Waals surface area contributed by atoms with Gasteiger partial charge in [-0.2, -0.15) is 0 Å².